The molecule has 0 radical (unpaired) electrons. The molecule has 2 N–H and O–H groups in total. The summed E-state index contributed by atoms with van der Waals surface area (Å²) < 4.78 is 23.3. The summed E-state index contributed by atoms with van der Waals surface area (Å²) in [6, 6.07) is 5.62. The molecule has 1 aromatic carbocycles. The van der Waals surface area contributed by atoms with Crippen molar-refractivity contribution in [2.75, 3.05) is 12.3 Å². The van der Waals surface area contributed by atoms with E-state index in [-0.39, 0.29) is 23.7 Å². The fourth-order valence-electron chi connectivity index (χ4n) is 1.23. The summed E-state index contributed by atoms with van der Waals surface area (Å²) in [4.78, 5) is 11.4. The molecular weight excluding hydrogens is 239 g/mol. The summed E-state index contributed by atoms with van der Waals surface area (Å²) in [5.41, 5.74) is 5.48. The molecule has 2 rings (SSSR count). The summed E-state index contributed by atoms with van der Waals surface area (Å²) in [6.45, 7) is 2.18. The first kappa shape index (κ1) is 12.0. The van der Waals surface area contributed by atoms with Crippen LogP contribution < -0.4 is 15.2 Å². The number of rotatable bonds is 4. The number of hydrogen-bond acceptors (Lipinski definition) is 6. The maximum atomic E-state index is 13.0. The molecule has 0 aliphatic heterocycles. The van der Waals surface area contributed by atoms with Crippen molar-refractivity contribution in [1.82, 2.24) is 15.0 Å². The Bertz CT molecular complexity index is 550. The molecule has 0 unspecified atom stereocenters. The third kappa shape index (κ3) is 3.03. The highest BCUT2D eigenvalue weighted by Crippen LogP contribution is 2.20. The average molecular weight is 250 g/mol. The van der Waals surface area contributed by atoms with Crippen molar-refractivity contribution in [3.05, 3.63) is 30.1 Å². The second-order valence-corrected chi connectivity index (χ2v) is 3.25. The van der Waals surface area contributed by atoms with Gasteiger partial charge in [0.2, 0.25) is 5.95 Å². The minimum absolute atomic E-state index is 0.0279. The first-order valence-corrected chi connectivity index (χ1v) is 5.25. The first-order valence-electron chi connectivity index (χ1n) is 5.25. The number of aromatic nitrogens is 3. The van der Waals surface area contributed by atoms with Gasteiger partial charge in [0.05, 0.1) is 6.61 Å². The van der Waals surface area contributed by atoms with Gasteiger partial charge in [0.15, 0.2) is 0 Å². The van der Waals surface area contributed by atoms with Crippen LogP contribution in [0.4, 0.5) is 10.3 Å². The molecule has 0 bridgehead atoms. The summed E-state index contributed by atoms with van der Waals surface area (Å²) in [7, 11) is 0. The van der Waals surface area contributed by atoms with Gasteiger partial charge in [-0.1, -0.05) is 6.07 Å². The van der Waals surface area contributed by atoms with Crippen molar-refractivity contribution in [3.8, 4) is 17.8 Å². The van der Waals surface area contributed by atoms with Crippen molar-refractivity contribution >= 4 is 5.95 Å². The highest BCUT2D eigenvalue weighted by molar-refractivity contribution is 5.27. The normalized spacial score (nSPS) is 10.1. The fraction of sp³-hybridized carbons (Fsp3) is 0.182. The van der Waals surface area contributed by atoms with E-state index in [1.807, 2.05) is 0 Å². The van der Waals surface area contributed by atoms with Crippen LogP contribution in [-0.2, 0) is 0 Å². The van der Waals surface area contributed by atoms with E-state index in [0.29, 0.717) is 6.61 Å². The Morgan fingerprint density at radius 2 is 2.00 bits per heavy atom. The Kier molecular flexibility index (Phi) is 3.52. The van der Waals surface area contributed by atoms with E-state index in [0.717, 1.165) is 0 Å². The van der Waals surface area contributed by atoms with E-state index in [1.54, 1.807) is 13.0 Å². The van der Waals surface area contributed by atoms with Gasteiger partial charge < -0.3 is 15.2 Å². The number of benzene rings is 1. The van der Waals surface area contributed by atoms with Crippen LogP contribution in [0.1, 0.15) is 6.92 Å². The number of nitrogens with two attached hydrogens (primary N) is 1. The number of ether oxygens (including phenoxy) is 2. The van der Waals surface area contributed by atoms with Crippen LogP contribution in [0, 0.1) is 5.82 Å². The molecule has 18 heavy (non-hydrogen) atoms. The van der Waals surface area contributed by atoms with Gasteiger partial charge in [-0.25, -0.2) is 4.39 Å². The Hall–Kier alpha value is -2.44. The predicted octanol–water partition coefficient (Wildman–Crippen LogP) is 1.78. The lowest BCUT2D eigenvalue weighted by Crippen LogP contribution is -2.04. The first-order chi connectivity index (χ1) is 8.67. The van der Waals surface area contributed by atoms with Crippen LogP contribution >= 0.6 is 0 Å². The molecule has 7 heteroatoms. The van der Waals surface area contributed by atoms with Gasteiger partial charge in [-0.3, -0.25) is 0 Å². The maximum Gasteiger partial charge on any atom is 0.330 e. The summed E-state index contributed by atoms with van der Waals surface area (Å²) >= 11 is 0. The zero-order chi connectivity index (χ0) is 13.0. The molecule has 0 aliphatic carbocycles. The van der Waals surface area contributed by atoms with Crippen LogP contribution in [-0.4, -0.2) is 21.6 Å². The summed E-state index contributed by atoms with van der Waals surface area (Å²) in [5, 5.41) is 0. The summed E-state index contributed by atoms with van der Waals surface area (Å²) in [5.74, 6) is -0.178. The number of anilines is 1. The number of nitrogen functional groups attached to an aromatic ring is 1. The maximum absolute atomic E-state index is 13.0. The molecule has 94 valence electrons. The number of nitrogens with zero attached hydrogens (tertiary/aromatic N) is 3. The van der Waals surface area contributed by atoms with Crippen LogP contribution in [0.5, 0.6) is 17.8 Å². The van der Waals surface area contributed by atoms with Gasteiger partial charge in [0, 0.05) is 6.07 Å². The topological polar surface area (TPSA) is 83.2 Å². The minimum Gasteiger partial charge on any atom is -0.464 e. The smallest absolute Gasteiger partial charge is 0.330 e. The van der Waals surface area contributed by atoms with Gasteiger partial charge in [-0.15, -0.1) is 4.98 Å². The lowest BCUT2D eigenvalue weighted by atomic mass is 10.3. The lowest BCUT2D eigenvalue weighted by molar-refractivity contribution is 0.304. The van der Waals surface area contributed by atoms with Crippen LogP contribution in [0.25, 0.3) is 0 Å². The largest absolute Gasteiger partial charge is 0.464 e. The van der Waals surface area contributed by atoms with Crippen molar-refractivity contribution in [2.24, 2.45) is 0 Å². The molecular formula is C11H11FN4O2. The Morgan fingerprint density at radius 3 is 2.72 bits per heavy atom. The molecule has 0 fully saturated rings. The highest BCUT2D eigenvalue weighted by Gasteiger charge is 2.07. The predicted molar refractivity (Wildman–Crippen MR) is 61.9 cm³/mol. The second-order valence-electron chi connectivity index (χ2n) is 3.25. The molecule has 0 saturated carbocycles. The van der Waals surface area contributed by atoms with Gasteiger partial charge in [-0.05, 0) is 19.1 Å². The van der Waals surface area contributed by atoms with E-state index in [9.17, 15) is 4.39 Å². The highest BCUT2D eigenvalue weighted by atomic mass is 19.1. The molecule has 2 aromatic rings. The van der Waals surface area contributed by atoms with Crippen molar-refractivity contribution in [2.45, 2.75) is 6.92 Å². The van der Waals surface area contributed by atoms with E-state index in [2.05, 4.69) is 15.0 Å². The average Bonchev–Trinajstić information content (AvgIpc) is 2.28. The van der Waals surface area contributed by atoms with Gasteiger partial charge >= 0.3 is 12.0 Å². The van der Waals surface area contributed by atoms with Crippen LogP contribution in [0.15, 0.2) is 24.3 Å². The monoisotopic (exact) mass is 250 g/mol. The molecule has 1 aromatic heterocycles. The molecule has 0 aliphatic rings. The van der Waals surface area contributed by atoms with Crippen molar-refractivity contribution in [1.29, 1.82) is 0 Å². The number of halogens is 1. The Labute approximate surface area is 103 Å². The molecule has 1 heterocycles. The third-order valence-corrected chi connectivity index (χ3v) is 1.89. The van der Waals surface area contributed by atoms with E-state index < -0.39 is 5.82 Å². The van der Waals surface area contributed by atoms with Gasteiger partial charge in [0.1, 0.15) is 11.6 Å². The van der Waals surface area contributed by atoms with Crippen molar-refractivity contribution < 1.29 is 13.9 Å². The number of hydrogen-bond donors (Lipinski definition) is 1. The van der Waals surface area contributed by atoms with Crippen molar-refractivity contribution in [3.63, 3.8) is 0 Å². The molecule has 0 amide bonds. The van der Waals surface area contributed by atoms with Gasteiger partial charge in [0.25, 0.3) is 0 Å². The minimum atomic E-state index is -0.417. The van der Waals surface area contributed by atoms with E-state index in [1.165, 1.54) is 18.2 Å². The Balaban J connectivity index is 2.23. The Morgan fingerprint density at radius 1 is 1.22 bits per heavy atom. The SMILES string of the molecule is CCOc1nc(N)nc(Oc2cccc(F)c2)n1. The van der Waals surface area contributed by atoms with Crippen LogP contribution in [0.2, 0.25) is 0 Å². The fourth-order valence-corrected chi connectivity index (χ4v) is 1.23. The molecule has 0 atom stereocenters. The van der Waals surface area contributed by atoms with Gasteiger partial charge in [-0.2, -0.15) is 9.97 Å². The molecule has 0 saturated heterocycles. The second kappa shape index (κ2) is 5.26. The zero-order valence-electron chi connectivity index (χ0n) is 9.63. The third-order valence-electron chi connectivity index (χ3n) is 1.89. The van der Waals surface area contributed by atoms with E-state index in [4.69, 9.17) is 15.2 Å². The molecule has 0 spiro atoms. The van der Waals surface area contributed by atoms with Crippen LogP contribution in [0.3, 0.4) is 0 Å². The summed E-state index contributed by atoms with van der Waals surface area (Å²) in [6.07, 6.45) is 0. The lowest BCUT2D eigenvalue weighted by Gasteiger charge is -2.06. The molecule has 6 nitrogen and oxygen atoms in total. The quantitative estimate of drug-likeness (QED) is 0.890. The van der Waals surface area contributed by atoms with E-state index >= 15 is 0 Å². The standard InChI is InChI=1S/C11H11FN4O2/c1-2-17-10-14-9(13)15-11(16-10)18-8-5-3-4-7(12)6-8/h3-6H,2H2,1H3,(H2,13,14,15,16). The zero-order valence-corrected chi connectivity index (χ0v) is 9.63.